The molecular formula is C22H25N3O3. The molecule has 0 unspecified atom stereocenters. The number of nitrogens with zero attached hydrogens (tertiary/aromatic N) is 3. The second kappa shape index (κ2) is 8.12. The van der Waals surface area contributed by atoms with Gasteiger partial charge in [0.1, 0.15) is 5.56 Å². The number of esters is 1. The number of benzene rings is 2. The van der Waals surface area contributed by atoms with Crippen LogP contribution in [0, 0.1) is 0 Å². The van der Waals surface area contributed by atoms with Gasteiger partial charge in [0.15, 0.2) is 0 Å². The number of piperazine rings is 1. The number of carbonyl (C=O) groups is 1. The number of ether oxygens (including phenoxy) is 1. The number of carbonyl (C=O) groups excluding carboxylic acids is 1. The number of fused-ring (bicyclic) bond motifs is 3. The second-order valence-electron chi connectivity index (χ2n) is 6.98. The van der Waals surface area contributed by atoms with Crippen LogP contribution in [0.5, 0.6) is 0 Å². The van der Waals surface area contributed by atoms with E-state index in [0.29, 0.717) is 18.7 Å². The Morgan fingerprint density at radius 3 is 2.64 bits per heavy atom. The van der Waals surface area contributed by atoms with Gasteiger partial charge in [-0.3, -0.25) is 9.88 Å². The molecule has 0 spiro atoms. The number of β-amino-alcohol motifs (C(OH)–C–C–N with tert-alkyl or cyclic N) is 1. The summed E-state index contributed by atoms with van der Waals surface area (Å²) in [4.78, 5) is 21.8. The Morgan fingerprint density at radius 2 is 1.89 bits per heavy atom. The first-order valence-electron chi connectivity index (χ1n) is 9.78. The highest BCUT2D eigenvalue weighted by molar-refractivity contribution is 6.13. The van der Waals surface area contributed by atoms with E-state index in [2.05, 4.69) is 39.0 Å². The zero-order chi connectivity index (χ0) is 19.5. The Labute approximate surface area is 164 Å². The number of anilines is 1. The van der Waals surface area contributed by atoms with Crippen molar-refractivity contribution in [3.05, 3.63) is 48.2 Å². The highest BCUT2D eigenvalue weighted by Crippen LogP contribution is 2.34. The van der Waals surface area contributed by atoms with Crippen LogP contribution in [0.3, 0.4) is 0 Å². The van der Waals surface area contributed by atoms with Gasteiger partial charge in [-0.1, -0.05) is 36.4 Å². The summed E-state index contributed by atoms with van der Waals surface area (Å²) in [5, 5.41) is 12.4. The zero-order valence-corrected chi connectivity index (χ0v) is 16.1. The Hall–Kier alpha value is -2.70. The van der Waals surface area contributed by atoms with Gasteiger partial charge in [0.25, 0.3) is 0 Å². The molecule has 0 aliphatic carbocycles. The number of aliphatic hydroxyl groups excluding tert-OH is 1. The SMILES string of the molecule is CCOC(=O)c1cnc2c(ccc3ccccc32)c1N1CCN(CCO)CC1. The molecular weight excluding hydrogens is 354 g/mol. The van der Waals surface area contributed by atoms with E-state index in [1.54, 1.807) is 6.20 Å². The van der Waals surface area contributed by atoms with Crippen LogP contribution in [0.2, 0.25) is 0 Å². The van der Waals surface area contributed by atoms with Crippen molar-refractivity contribution in [2.45, 2.75) is 6.92 Å². The minimum absolute atomic E-state index is 0.165. The van der Waals surface area contributed by atoms with Crippen LogP contribution in [0.15, 0.2) is 42.6 Å². The van der Waals surface area contributed by atoms with E-state index in [1.807, 2.05) is 19.1 Å². The maximum absolute atomic E-state index is 12.6. The van der Waals surface area contributed by atoms with Gasteiger partial charge in [0.2, 0.25) is 0 Å². The van der Waals surface area contributed by atoms with Gasteiger partial charge in [0, 0.05) is 49.7 Å². The average Bonchev–Trinajstić information content (AvgIpc) is 2.74. The van der Waals surface area contributed by atoms with E-state index >= 15 is 0 Å². The normalized spacial score (nSPS) is 15.3. The summed E-state index contributed by atoms with van der Waals surface area (Å²) in [6.07, 6.45) is 1.65. The molecule has 0 bridgehead atoms. The maximum atomic E-state index is 12.6. The summed E-state index contributed by atoms with van der Waals surface area (Å²) in [5.74, 6) is -0.335. The van der Waals surface area contributed by atoms with Gasteiger partial charge in [-0.25, -0.2) is 4.79 Å². The van der Waals surface area contributed by atoms with E-state index < -0.39 is 0 Å². The highest BCUT2D eigenvalue weighted by Gasteiger charge is 2.25. The topological polar surface area (TPSA) is 65.9 Å². The number of aliphatic hydroxyl groups is 1. The maximum Gasteiger partial charge on any atom is 0.341 e. The van der Waals surface area contributed by atoms with Crippen molar-refractivity contribution in [3.8, 4) is 0 Å². The van der Waals surface area contributed by atoms with Crippen molar-refractivity contribution >= 4 is 33.3 Å². The molecule has 1 saturated heterocycles. The summed E-state index contributed by atoms with van der Waals surface area (Å²) in [6.45, 7) is 6.27. The van der Waals surface area contributed by atoms with E-state index in [0.717, 1.165) is 53.5 Å². The molecule has 2 aromatic carbocycles. The Bertz CT molecular complexity index is 997. The van der Waals surface area contributed by atoms with Gasteiger partial charge >= 0.3 is 5.97 Å². The van der Waals surface area contributed by atoms with E-state index in [1.165, 1.54) is 0 Å². The third-order valence-corrected chi connectivity index (χ3v) is 5.33. The minimum atomic E-state index is -0.335. The van der Waals surface area contributed by atoms with Crippen molar-refractivity contribution in [2.75, 3.05) is 50.8 Å². The standard InChI is InChI=1S/C22H25N3O3/c1-2-28-22(27)19-15-23-20-17-6-4-3-5-16(17)7-8-18(20)21(19)25-11-9-24(10-12-25)13-14-26/h3-8,15,26H,2,9-14H2,1H3. The zero-order valence-electron chi connectivity index (χ0n) is 16.1. The van der Waals surface area contributed by atoms with Crippen molar-refractivity contribution in [2.24, 2.45) is 0 Å². The highest BCUT2D eigenvalue weighted by atomic mass is 16.5. The van der Waals surface area contributed by atoms with Crippen molar-refractivity contribution in [1.82, 2.24) is 9.88 Å². The van der Waals surface area contributed by atoms with Crippen LogP contribution in [-0.4, -0.2) is 66.9 Å². The lowest BCUT2D eigenvalue weighted by Crippen LogP contribution is -2.47. The smallest absolute Gasteiger partial charge is 0.341 e. The number of aromatic nitrogens is 1. The van der Waals surface area contributed by atoms with E-state index in [-0.39, 0.29) is 12.6 Å². The molecule has 0 atom stereocenters. The summed E-state index contributed by atoms with van der Waals surface area (Å²) < 4.78 is 5.31. The molecule has 3 aromatic rings. The molecule has 1 N–H and O–H groups in total. The average molecular weight is 379 g/mol. The van der Waals surface area contributed by atoms with Crippen LogP contribution >= 0.6 is 0 Å². The molecule has 1 aliphatic heterocycles. The molecule has 146 valence electrons. The first kappa shape index (κ1) is 18.7. The fraction of sp³-hybridized carbons (Fsp3) is 0.364. The van der Waals surface area contributed by atoms with Gasteiger partial charge in [-0.05, 0) is 12.3 Å². The monoisotopic (exact) mass is 379 g/mol. The Balaban J connectivity index is 1.84. The molecule has 6 heteroatoms. The predicted molar refractivity (Wildman–Crippen MR) is 111 cm³/mol. The molecule has 4 rings (SSSR count). The molecule has 28 heavy (non-hydrogen) atoms. The molecule has 1 aliphatic rings. The molecule has 0 saturated carbocycles. The lowest BCUT2D eigenvalue weighted by molar-refractivity contribution is 0.0526. The second-order valence-corrected chi connectivity index (χ2v) is 6.98. The van der Waals surface area contributed by atoms with E-state index in [4.69, 9.17) is 4.74 Å². The quantitative estimate of drug-likeness (QED) is 0.543. The number of hydrogen-bond donors (Lipinski definition) is 1. The third-order valence-electron chi connectivity index (χ3n) is 5.33. The minimum Gasteiger partial charge on any atom is -0.462 e. The van der Waals surface area contributed by atoms with Crippen LogP contribution in [0.25, 0.3) is 21.7 Å². The number of hydrogen-bond acceptors (Lipinski definition) is 6. The van der Waals surface area contributed by atoms with Gasteiger partial charge < -0.3 is 14.7 Å². The number of pyridine rings is 1. The Morgan fingerprint density at radius 1 is 1.11 bits per heavy atom. The lowest BCUT2D eigenvalue weighted by atomic mass is 10.0. The fourth-order valence-corrected chi connectivity index (χ4v) is 3.96. The van der Waals surface area contributed by atoms with Gasteiger partial charge in [0.05, 0.1) is 24.4 Å². The largest absolute Gasteiger partial charge is 0.462 e. The summed E-state index contributed by atoms with van der Waals surface area (Å²) in [6, 6.07) is 12.3. The Kier molecular flexibility index (Phi) is 5.41. The summed E-state index contributed by atoms with van der Waals surface area (Å²) in [5.41, 5.74) is 2.32. The molecule has 1 fully saturated rings. The summed E-state index contributed by atoms with van der Waals surface area (Å²) in [7, 11) is 0. The predicted octanol–water partition coefficient (Wildman–Crippen LogP) is 2.68. The van der Waals surface area contributed by atoms with Crippen LogP contribution in [0.1, 0.15) is 17.3 Å². The summed E-state index contributed by atoms with van der Waals surface area (Å²) >= 11 is 0. The first-order valence-corrected chi connectivity index (χ1v) is 9.78. The molecule has 1 aromatic heterocycles. The van der Waals surface area contributed by atoms with Crippen molar-refractivity contribution in [1.29, 1.82) is 0 Å². The van der Waals surface area contributed by atoms with Crippen LogP contribution in [-0.2, 0) is 4.74 Å². The molecule has 0 radical (unpaired) electrons. The van der Waals surface area contributed by atoms with Gasteiger partial charge in [-0.15, -0.1) is 0 Å². The first-order chi connectivity index (χ1) is 13.7. The van der Waals surface area contributed by atoms with Crippen molar-refractivity contribution in [3.63, 3.8) is 0 Å². The molecule has 0 amide bonds. The fourth-order valence-electron chi connectivity index (χ4n) is 3.96. The number of rotatable bonds is 5. The third kappa shape index (κ3) is 3.41. The van der Waals surface area contributed by atoms with E-state index in [9.17, 15) is 9.90 Å². The van der Waals surface area contributed by atoms with Crippen LogP contribution in [0.4, 0.5) is 5.69 Å². The van der Waals surface area contributed by atoms with Crippen LogP contribution < -0.4 is 4.90 Å². The van der Waals surface area contributed by atoms with Crippen molar-refractivity contribution < 1.29 is 14.6 Å². The lowest BCUT2D eigenvalue weighted by Gasteiger charge is -2.37. The molecule has 2 heterocycles. The molecule has 6 nitrogen and oxygen atoms in total. The van der Waals surface area contributed by atoms with Gasteiger partial charge in [-0.2, -0.15) is 0 Å².